The number of anilines is 1. The number of nitrogens with zero attached hydrogens (tertiary/aromatic N) is 4. The first kappa shape index (κ1) is 26.3. The van der Waals surface area contributed by atoms with Crippen LogP contribution < -0.4 is 16.4 Å². The summed E-state index contributed by atoms with van der Waals surface area (Å²) in [5.74, 6) is -2.78. The van der Waals surface area contributed by atoms with Crippen molar-refractivity contribution in [3.8, 4) is 0 Å². The third-order valence-electron chi connectivity index (χ3n) is 7.04. The van der Waals surface area contributed by atoms with Crippen molar-refractivity contribution in [3.05, 3.63) is 38.9 Å². The number of carboxylic acid groups (broad SMARTS) is 1. The van der Waals surface area contributed by atoms with E-state index >= 15 is 0 Å². The van der Waals surface area contributed by atoms with Crippen LogP contribution in [0.2, 0.25) is 0 Å². The number of rotatable bonds is 8. The Bertz CT molecular complexity index is 1260. The first-order valence-electron chi connectivity index (χ1n) is 11.8. The molecule has 0 bridgehead atoms. The number of hydrogen-bond acceptors (Lipinski definition) is 12. The molecule has 5 rings (SSSR count). The molecule has 5 atom stereocenters. The predicted octanol–water partition coefficient (Wildman–Crippen LogP) is -0.847. The highest BCUT2D eigenvalue weighted by Gasteiger charge is 2.54. The zero-order chi connectivity index (χ0) is 27.1. The van der Waals surface area contributed by atoms with Gasteiger partial charge < -0.3 is 31.5 Å². The molecule has 6 N–H and O–H groups in total. The molecular weight excluding hydrogens is 538 g/mol. The average molecular weight is 564 g/mol. The standard InChI is InChI=1S/C22H25N7O7S2/c23-22-25-13(8-38-22)14(27-36)17(31)26-15-19(33)29-16(21(34)35)10(7-37-20(15)29)3-9-1-2-28(18(9)32)12-4-11(6-30)24-5-12/h3,8,11-12,14-15,20,24,30H,1-2,4-7H2,(H2,23,25)(H,26,31)(H,34,35). The molecule has 1 aromatic heterocycles. The summed E-state index contributed by atoms with van der Waals surface area (Å²) in [4.78, 5) is 68.9. The molecule has 0 radical (unpaired) electrons. The van der Waals surface area contributed by atoms with E-state index in [0.29, 0.717) is 37.1 Å². The average Bonchev–Trinajstić information content (AvgIpc) is 3.63. The van der Waals surface area contributed by atoms with Crippen LogP contribution in [0.25, 0.3) is 0 Å². The largest absolute Gasteiger partial charge is 0.477 e. The van der Waals surface area contributed by atoms with Crippen molar-refractivity contribution in [2.24, 2.45) is 5.18 Å². The van der Waals surface area contributed by atoms with Gasteiger partial charge in [0.2, 0.25) is 11.9 Å². The Balaban J connectivity index is 1.31. The minimum absolute atomic E-state index is 0.00833. The summed E-state index contributed by atoms with van der Waals surface area (Å²) in [6.45, 7) is 1.07. The zero-order valence-corrected chi connectivity index (χ0v) is 21.5. The number of aliphatic hydroxyl groups is 1. The smallest absolute Gasteiger partial charge is 0.352 e. The van der Waals surface area contributed by atoms with E-state index < -0.39 is 35.2 Å². The highest BCUT2D eigenvalue weighted by Crippen LogP contribution is 2.41. The summed E-state index contributed by atoms with van der Waals surface area (Å²) in [5, 5.41) is 28.6. The van der Waals surface area contributed by atoms with Gasteiger partial charge in [-0.3, -0.25) is 19.3 Å². The third kappa shape index (κ3) is 4.57. The van der Waals surface area contributed by atoms with Crippen molar-refractivity contribution in [3.63, 3.8) is 0 Å². The highest BCUT2D eigenvalue weighted by molar-refractivity contribution is 8.00. The second-order valence-electron chi connectivity index (χ2n) is 9.29. The number of allylic oxidation sites excluding steroid dienone is 1. The van der Waals surface area contributed by atoms with Crippen LogP contribution >= 0.6 is 23.1 Å². The molecule has 1 aromatic rings. The van der Waals surface area contributed by atoms with E-state index in [9.17, 15) is 34.3 Å². The number of aromatic nitrogens is 1. The topological polar surface area (TPSA) is 208 Å². The molecule has 3 saturated heterocycles. The lowest BCUT2D eigenvalue weighted by molar-refractivity contribution is -0.150. The monoisotopic (exact) mass is 563 g/mol. The number of likely N-dealkylation sites (tertiary alicyclic amines) is 1. The number of hydrogen-bond donors (Lipinski definition) is 5. The SMILES string of the molecule is Nc1nc(C(N=O)C(=O)NC2C(=O)N3C(C(=O)O)=C(C=C4CCN(C5CNC(CO)C5)C4=O)CSC23)cs1. The molecular formula is C22H25N7O7S2. The Morgan fingerprint density at radius 2 is 2.18 bits per heavy atom. The number of thiazole rings is 1. The summed E-state index contributed by atoms with van der Waals surface area (Å²) in [7, 11) is 0. The molecule has 3 fully saturated rings. The quantitative estimate of drug-likeness (QED) is 0.150. The first-order chi connectivity index (χ1) is 18.2. The fourth-order valence-corrected chi connectivity index (χ4v) is 7.04. The Morgan fingerprint density at radius 3 is 2.82 bits per heavy atom. The maximum atomic E-state index is 13.1. The molecule has 5 unspecified atom stereocenters. The van der Waals surface area contributed by atoms with Crippen LogP contribution in [0.3, 0.4) is 0 Å². The van der Waals surface area contributed by atoms with E-state index in [1.54, 1.807) is 11.0 Å². The summed E-state index contributed by atoms with van der Waals surface area (Å²) in [5.41, 5.74) is 6.19. The summed E-state index contributed by atoms with van der Waals surface area (Å²) in [6, 6.07) is -2.64. The van der Waals surface area contributed by atoms with Gasteiger partial charge in [-0.15, -0.1) is 28.0 Å². The maximum absolute atomic E-state index is 13.1. The number of aliphatic hydroxyl groups excluding tert-OH is 1. The van der Waals surface area contributed by atoms with Gasteiger partial charge >= 0.3 is 5.97 Å². The van der Waals surface area contributed by atoms with Crippen molar-refractivity contribution >= 4 is 51.9 Å². The van der Waals surface area contributed by atoms with E-state index in [4.69, 9.17) is 5.73 Å². The van der Waals surface area contributed by atoms with Gasteiger partial charge in [0.1, 0.15) is 17.1 Å². The van der Waals surface area contributed by atoms with Crippen LogP contribution in [0.1, 0.15) is 24.6 Å². The molecule has 0 saturated carbocycles. The van der Waals surface area contributed by atoms with Crippen molar-refractivity contribution < 1.29 is 29.4 Å². The number of carbonyl (C=O) groups is 4. The summed E-state index contributed by atoms with van der Waals surface area (Å²) < 4.78 is 0. The molecule has 0 aromatic carbocycles. The van der Waals surface area contributed by atoms with Gasteiger partial charge in [0, 0.05) is 41.9 Å². The summed E-state index contributed by atoms with van der Waals surface area (Å²) >= 11 is 2.29. The molecule has 14 nitrogen and oxygen atoms in total. The molecule has 3 amide bonds. The van der Waals surface area contributed by atoms with Crippen LogP contribution in [0.4, 0.5) is 5.13 Å². The fraction of sp³-hybridized carbons (Fsp3) is 0.500. The molecule has 4 aliphatic rings. The number of aliphatic carboxylic acids is 1. The van der Waals surface area contributed by atoms with Crippen molar-refractivity contribution in [1.29, 1.82) is 0 Å². The third-order valence-corrected chi connectivity index (χ3v) is 9.03. The normalized spacial score (nSPS) is 28.9. The lowest BCUT2D eigenvalue weighted by Crippen LogP contribution is -2.70. The molecule has 4 aliphatic heterocycles. The van der Waals surface area contributed by atoms with Crippen molar-refractivity contribution in [1.82, 2.24) is 25.4 Å². The van der Waals surface area contributed by atoms with E-state index in [0.717, 1.165) is 16.2 Å². The second kappa shape index (κ2) is 10.4. The molecule has 202 valence electrons. The molecule has 0 aliphatic carbocycles. The number of nitrogens with two attached hydrogens (primary N) is 1. The predicted molar refractivity (Wildman–Crippen MR) is 136 cm³/mol. The number of carboxylic acids is 1. The van der Waals surface area contributed by atoms with Gasteiger partial charge in [0.15, 0.2) is 5.13 Å². The van der Waals surface area contributed by atoms with Crippen LogP contribution in [0.5, 0.6) is 0 Å². The second-order valence-corrected chi connectivity index (χ2v) is 11.3. The van der Waals surface area contributed by atoms with E-state index in [-0.39, 0.29) is 46.9 Å². The van der Waals surface area contributed by atoms with Gasteiger partial charge in [-0.25, -0.2) is 9.78 Å². The first-order valence-corrected chi connectivity index (χ1v) is 13.8. The number of amides is 3. The minimum Gasteiger partial charge on any atom is -0.477 e. The maximum Gasteiger partial charge on any atom is 0.352 e. The Hall–Kier alpha value is -3.34. The van der Waals surface area contributed by atoms with Gasteiger partial charge in [0.25, 0.3) is 11.8 Å². The molecule has 0 spiro atoms. The molecule has 38 heavy (non-hydrogen) atoms. The molecule has 16 heteroatoms. The van der Waals surface area contributed by atoms with Crippen LogP contribution in [0.15, 0.2) is 33.5 Å². The van der Waals surface area contributed by atoms with Crippen molar-refractivity contribution in [2.45, 2.75) is 42.4 Å². The minimum atomic E-state index is -1.49. The Labute approximate surface area is 224 Å². The number of nitrogen functional groups attached to an aromatic ring is 1. The van der Waals surface area contributed by atoms with E-state index in [1.165, 1.54) is 17.1 Å². The number of nitrogens with one attached hydrogen (secondary N) is 2. The Morgan fingerprint density at radius 1 is 1.39 bits per heavy atom. The van der Waals surface area contributed by atoms with Gasteiger partial charge in [-0.2, -0.15) is 0 Å². The number of β-lactam (4-membered cyclic amide) rings is 1. The van der Waals surface area contributed by atoms with Crippen molar-refractivity contribution in [2.75, 3.05) is 31.2 Å². The zero-order valence-electron chi connectivity index (χ0n) is 19.9. The Kier molecular flexibility index (Phi) is 7.21. The number of fused-ring (bicyclic) bond motifs is 1. The van der Waals surface area contributed by atoms with E-state index in [2.05, 4.69) is 20.8 Å². The highest BCUT2D eigenvalue weighted by atomic mass is 32.2. The van der Waals surface area contributed by atoms with Gasteiger partial charge in [-0.05, 0) is 29.7 Å². The lowest BCUT2D eigenvalue weighted by atomic mass is 10.0. The number of nitroso groups, excluding NO2 is 1. The van der Waals surface area contributed by atoms with Crippen LogP contribution in [0, 0.1) is 4.91 Å². The summed E-state index contributed by atoms with van der Waals surface area (Å²) in [6.07, 6.45) is 2.64. The van der Waals surface area contributed by atoms with E-state index in [1.807, 2.05) is 0 Å². The fourth-order valence-electron chi connectivity index (χ4n) is 5.15. The number of carbonyl (C=O) groups excluding carboxylic acids is 3. The number of thioether (sulfide) groups is 1. The van der Waals surface area contributed by atoms with Crippen LogP contribution in [-0.2, 0) is 19.2 Å². The molecule has 5 heterocycles. The lowest BCUT2D eigenvalue weighted by Gasteiger charge is -2.49. The van der Waals surface area contributed by atoms with Gasteiger partial charge in [-0.1, -0.05) is 0 Å². The van der Waals surface area contributed by atoms with Crippen LogP contribution in [-0.4, -0.2) is 97.6 Å². The van der Waals surface area contributed by atoms with Gasteiger partial charge in [0.05, 0.1) is 12.3 Å².